The number of hydrogen-bond acceptors (Lipinski definition) is 6. The molecule has 0 bridgehead atoms. The van der Waals surface area contributed by atoms with Gasteiger partial charge in [0.1, 0.15) is 13.2 Å². The second kappa shape index (κ2) is 62.4. The quantitative estimate of drug-likeness (QED) is 0.0261. The van der Waals surface area contributed by atoms with Crippen LogP contribution in [0.25, 0.3) is 0 Å². The minimum absolute atomic E-state index is 0.0782. The number of allylic oxidation sites excluding steroid dienone is 12. The number of hydrogen-bond donors (Lipinski definition) is 0. The van der Waals surface area contributed by atoms with Crippen LogP contribution in [0.4, 0.5) is 0 Å². The molecule has 0 aliphatic carbocycles. The zero-order valence-electron chi connectivity index (χ0n) is 49.1. The van der Waals surface area contributed by atoms with Crippen molar-refractivity contribution in [2.75, 3.05) is 13.2 Å². The van der Waals surface area contributed by atoms with Crippen LogP contribution in [0.5, 0.6) is 0 Å². The summed E-state index contributed by atoms with van der Waals surface area (Å²) in [6, 6.07) is 0. The van der Waals surface area contributed by atoms with Crippen LogP contribution in [0, 0.1) is 0 Å². The third-order valence-electron chi connectivity index (χ3n) is 13.9. The third kappa shape index (κ3) is 59.7. The van der Waals surface area contributed by atoms with Gasteiger partial charge in [0.25, 0.3) is 0 Å². The van der Waals surface area contributed by atoms with Crippen LogP contribution in [-0.4, -0.2) is 37.2 Å². The van der Waals surface area contributed by atoms with Gasteiger partial charge in [-0.15, -0.1) is 0 Å². The lowest BCUT2D eigenvalue weighted by atomic mass is 10.0. The van der Waals surface area contributed by atoms with Gasteiger partial charge in [-0.05, 0) is 89.9 Å². The molecule has 0 heterocycles. The molecule has 0 aromatic rings. The van der Waals surface area contributed by atoms with Crippen LogP contribution >= 0.6 is 0 Å². The summed E-state index contributed by atoms with van der Waals surface area (Å²) in [6.07, 6.45) is 80.8. The number of unbranched alkanes of at least 4 members (excludes halogenated alkanes) is 35. The fourth-order valence-corrected chi connectivity index (χ4v) is 9.17. The Morgan fingerprint density at radius 2 is 0.527 bits per heavy atom. The molecule has 0 amide bonds. The second-order valence-electron chi connectivity index (χ2n) is 21.3. The Bertz CT molecular complexity index is 1370. The Balaban J connectivity index is 4.12. The highest BCUT2D eigenvalue weighted by atomic mass is 16.6. The normalized spacial score (nSPS) is 12.5. The Hall–Kier alpha value is -3.15. The van der Waals surface area contributed by atoms with Crippen molar-refractivity contribution in [2.24, 2.45) is 0 Å². The highest BCUT2D eigenvalue weighted by Gasteiger charge is 2.19. The smallest absolute Gasteiger partial charge is 0.306 e. The summed E-state index contributed by atoms with van der Waals surface area (Å²) in [5.74, 6) is -0.884. The first-order chi connectivity index (χ1) is 36.5. The molecule has 428 valence electrons. The van der Waals surface area contributed by atoms with Crippen molar-refractivity contribution >= 4 is 17.9 Å². The predicted molar refractivity (Wildman–Crippen MR) is 321 cm³/mol. The fourth-order valence-electron chi connectivity index (χ4n) is 9.17. The molecule has 0 rings (SSSR count). The summed E-state index contributed by atoms with van der Waals surface area (Å²) in [5.41, 5.74) is 0. The molecule has 1 atom stereocenters. The summed E-state index contributed by atoms with van der Waals surface area (Å²) in [5, 5.41) is 0. The molecule has 1 unspecified atom stereocenters. The first-order valence-electron chi connectivity index (χ1n) is 31.9. The average molecular weight is 1030 g/mol. The fraction of sp³-hybridized carbons (Fsp3) is 0.779. The van der Waals surface area contributed by atoms with Crippen molar-refractivity contribution in [3.63, 3.8) is 0 Å². The van der Waals surface area contributed by atoms with Crippen molar-refractivity contribution < 1.29 is 28.6 Å². The first-order valence-corrected chi connectivity index (χ1v) is 31.9. The van der Waals surface area contributed by atoms with E-state index in [9.17, 15) is 14.4 Å². The number of rotatable bonds is 58. The maximum Gasteiger partial charge on any atom is 0.306 e. The van der Waals surface area contributed by atoms with Gasteiger partial charge in [0.05, 0.1) is 0 Å². The van der Waals surface area contributed by atoms with Crippen LogP contribution in [0.15, 0.2) is 72.9 Å². The first kappa shape index (κ1) is 70.8. The van der Waals surface area contributed by atoms with E-state index in [1.54, 1.807) is 0 Å². The zero-order chi connectivity index (χ0) is 53.6. The Morgan fingerprint density at radius 3 is 0.824 bits per heavy atom. The topological polar surface area (TPSA) is 78.9 Å². The number of ether oxygens (including phenoxy) is 3. The third-order valence-corrected chi connectivity index (χ3v) is 13.9. The highest BCUT2D eigenvalue weighted by molar-refractivity contribution is 5.71. The molecule has 0 aromatic carbocycles. The van der Waals surface area contributed by atoms with Crippen LogP contribution in [0.3, 0.4) is 0 Å². The minimum Gasteiger partial charge on any atom is -0.462 e. The lowest BCUT2D eigenvalue weighted by Crippen LogP contribution is -2.30. The van der Waals surface area contributed by atoms with Gasteiger partial charge in [-0.2, -0.15) is 0 Å². The largest absolute Gasteiger partial charge is 0.462 e. The lowest BCUT2D eigenvalue weighted by Gasteiger charge is -2.18. The average Bonchev–Trinajstić information content (AvgIpc) is 3.40. The summed E-state index contributed by atoms with van der Waals surface area (Å²) < 4.78 is 16.8. The molecular weight excluding hydrogens is 913 g/mol. The van der Waals surface area contributed by atoms with E-state index < -0.39 is 6.10 Å². The predicted octanol–water partition coefficient (Wildman–Crippen LogP) is 21.7. The van der Waals surface area contributed by atoms with E-state index in [1.807, 2.05) is 0 Å². The van der Waals surface area contributed by atoms with E-state index in [4.69, 9.17) is 14.2 Å². The Morgan fingerprint density at radius 1 is 0.284 bits per heavy atom. The Labute approximate surface area is 459 Å². The van der Waals surface area contributed by atoms with Crippen molar-refractivity contribution in [2.45, 2.75) is 329 Å². The summed E-state index contributed by atoms with van der Waals surface area (Å²) >= 11 is 0. The van der Waals surface area contributed by atoms with Gasteiger partial charge in [-0.25, -0.2) is 0 Å². The maximum absolute atomic E-state index is 12.9. The lowest BCUT2D eigenvalue weighted by molar-refractivity contribution is -0.167. The summed E-state index contributed by atoms with van der Waals surface area (Å²) in [7, 11) is 0. The molecule has 0 fully saturated rings. The van der Waals surface area contributed by atoms with Crippen LogP contribution in [0.1, 0.15) is 323 Å². The van der Waals surface area contributed by atoms with Gasteiger partial charge in [-0.3, -0.25) is 14.4 Å². The van der Waals surface area contributed by atoms with Gasteiger partial charge in [0.2, 0.25) is 0 Å². The van der Waals surface area contributed by atoms with Crippen molar-refractivity contribution in [1.29, 1.82) is 0 Å². The monoisotopic (exact) mass is 1030 g/mol. The van der Waals surface area contributed by atoms with E-state index >= 15 is 0 Å². The maximum atomic E-state index is 12.9. The highest BCUT2D eigenvalue weighted by Crippen LogP contribution is 2.17. The van der Waals surface area contributed by atoms with E-state index in [1.165, 1.54) is 180 Å². The molecule has 0 N–H and O–H groups in total. The van der Waals surface area contributed by atoms with Crippen LogP contribution < -0.4 is 0 Å². The van der Waals surface area contributed by atoms with E-state index in [2.05, 4.69) is 93.7 Å². The van der Waals surface area contributed by atoms with Crippen molar-refractivity contribution in [3.05, 3.63) is 72.9 Å². The second-order valence-corrected chi connectivity index (χ2v) is 21.3. The molecule has 0 saturated carbocycles. The molecule has 74 heavy (non-hydrogen) atoms. The number of carbonyl (C=O) groups is 3. The van der Waals surface area contributed by atoms with E-state index in [0.717, 1.165) is 103 Å². The Kier molecular flexibility index (Phi) is 59.7. The molecule has 0 spiro atoms. The molecule has 0 radical (unpaired) electrons. The molecular formula is C68H120O6. The number of carbonyl (C=O) groups excluding carboxylic acids is 3. The van der Waals surface area contributed by atoms with E-state index in [-0.39, 0.29) is 31.1 Å². The molecule has 0 aliphatic heterocycles. The number of esters is 3. The van der Waals surface area contributed by atoms with Gasteiger partial charge < -0.3 is 14.2 Å². The minimum atomic E-state index is -0.780. The zero-order valence-corrected chi connectivity index (χ0v) is 49.1. The summed E-state index contributed by atoms with van der Waals surface area (Å²) in [6.45, 7) is 6.51. The van der Waals surface area contributed by atoms with Crippen LogP contribution in [0.2, 0.25) is 0 Å². The van der Waals surface area contributed by atoms with E-state index in [0.29, 0.717) is 19.3 Å². The molecule has 6 heteroatoms. The molecule has 0 aliphatic rings. The standard InChI is InChI=1S/C68H120O6/c1-4-7-10-13-16-19-21-23-25-27-29-30-31-32-33-34-35-36-37-38-40-41-43-45-47-49-52-55-58-61-67(70)73-64-65(63-72-66(69)60-57-54-51-18-15-12-9-6-3)74-68(71)62-59-56-53-50-48-46-44-42-39-28-26-24-22-20-17-14-11-8-5-2/h8,11,17,20-21,23-24,26-27,29,39,42,65H,4-7,9-10,12-16,18-19,22,25,28,30-38,40-41,43-64H2,1-3H3/b11-8-,20-17-,23-21-,26-24-,29-27-,42-39-. The molecule has 6 nitrogen and oxygen atoms in total. The summed E-state index contributed by atoms with van der Waals surface area (Å²) in [4.78, 5) is 38.1. The SMILES string of the molecule is CC/C=C\C/C=C\C/C=C\C/C=C\CCCCCCCCC(=O)OC(COC(=O)CCCCCCCCCC)COC(=O)CCCCCCCCCCCCCCCCCCC/C=C\C/C=C\CCCCCCC. The van der Waals surface area contributed by atoms with Gasteiger partial charge in [0.15, 0.2) is 6.10 Å². The van der Waals surface area contributed by atoms with Crippen molar-refractivity contribution in [3.8, 4) is 0 Å². The molecule has 0 saturated heterocycles. The van der Waals surface area contributed by atoms with Gasteiger partial charge in [0, 0.05) is 19.3 Å². The van der Waals surface area contributed by atoms with Crippen LogP contribution in [-0.2, 0) is 28.6 Å². The van der Waals surface area contributed by atoms with Crippen molar-refractivity contribution in [1.82, 2.24) is 0 Å². The van der Waals surface area contributed by atoms with Gasteiger partial charge in [-0.1, -0.05) is 286 Å². The van der Waals surface area contributed by atoms with Gasteiger partial charge >= 0.3 is 17.9 Å². The molecule has 0 aromatic heterocycles.